The van der Waals surface area contributed by atoms with Gasteiger partial charge in [0.2, 0.25) is 0 Å². The van der Waals surface area contributed by atoms with Gasteiger partial charge in [0.1, 0.15) is 5.75 Å². The summed E-state index contributed by atoms with van der Waals surface area (Å²) in [4.78, 5) is 4.34. The minimum Gasteiger partial charge on any atom is -0.495 e. The third kappa shape index (κ3) is 3.92. The lowest BCUT2D eigenvalue weighted by Crippen LogP contribution is -2.22. The highest BCUT2D eigenvalue weighted by molar-refractivity contribution is 6.32. The lowest BCUT2D eigenvalue weighted by Gasteiger charge is -2.08. The molecule has 0 bridgehead atoms. The van der Waals surface area contributed by atoms with Gasteiger partial charge in [-0.05, 0) is 24.6 Å². The zero-order valence-corrected chi connectivity index (χ0v) is 13.7. The molecule has 0 amide bonds. The van der Waals surface area contributed by atoms with Crippen molar-refractivity contribution in [2.75, 3.05) is 12.4 Å². The number of guanidine groups is 1. The van der Waals surface area contributed by atoms with Crippen LogP contribution in [-0.2, 0) is 20.0 Å². The number of rotatable bonds is 5. The third-order valence-electron chi connectivity index (χ3n) is 3.17. The monoisotopic (exact) mass is 321 g/mol. The Hall–Kier alpha value is -2.21. The van der Waals surface area contributed by atoms with Crippen LogP contribution in [0.2, 0.25) is 5.02 Å². The zero-order chi connectivity index (χ0) is 16.1. The van der Waals surface area contributed by atoms with Gasteiger partial charge in [-0.1, -0.05) is 18.5 Å². The van der Waals surface area contributed by atoms with Gasteiger partial charge in [-0.2, -0.15) is 5.10 Å². The maximum atomic E-state index is 6.07. The number of hydrogen-bond donors (Lipinski definition) is 2. The summed E-state index contributed by atoms with van der Waals surface area (Å²) in [6.07, 6.45) is 2.83. The van der Waals surface area contributed by atoms with Crippen molar-refractivity contribution in [1.29, 1.82) is 0 Å². The molecule has 0 aliphatic rings. The van der Waals surface area contributed by atoms with Gasteiger partial charge >= 0.3 is 0 Å². The molecule has 0 unspecified atom stereocenters. The molecule has 7 heteroatoms. The number of nitrogens with zero attached hydrogens (tertiary/aromatic N) is 3. The summed E-state index contributed by atoms with van der Waals surface area (Å²) in [5.74, 6) is 0.942. The van der Waals surface area contributed by atoms with E-state index in [1.807, 2.05) is 19.3 Å². The second-order valence-corrected chi connectivity index (χ2v) is 5.21. The van der Waals surface area contributed by atoms with Crippen LogP contribution in [0.25, 0.3) is 0 Å². The number of aryl methyl sites for hydroxylation is 2. The molecule has 0 fully saturated rings. The van der Waals surface area contributed by atoms with E-state index < -0.39 is 0 Å². The maximum Gasteiger partial charge on any atom is 0.193 e. The van der Waals surface area contributed by atoms with Crippen LogP contribution in [0.5, 0.6) is 5.75 Å². The average Bonchev–Trinajstić information content (AvgIpc) is 2.85. The van der Waals surface area contributed by atoms with Crippen molar-refractivity contribution in [2.24, 2.45) is 17.8 Å². The quantitative estimate of drug-likeness (QED) is 0.655. The third-order valence-corrected chi connectivity index (χ3v) is 3.47. The summed E-state index contributed by atoms with van der Waals surface area (Å²) in [7, 11) is 3.47. The highest BCUT2D eigenvalue weighted by Crippen LogP contribution is 2.27. The molecule has 0 aliphatic heterocycles. The Kier molecular flexibility index (Phi) is 5.27. The summed E-state index contributed by atoms with van der Waals surface area (Å²) in [5, 5.41) is 7.90. The molecule has 0 aliphatic carbocycles. The van der Waals surface area contributed by atoms with Crippen LogP contribution in [0.3, 0.4) is 0 Å². The van der Waals surface area contributed by atoms with Gasteiger partial charge < -0.3 is 15.8 Å². The number of nitrogens with one attached hydrogen (secondary N) is 1. The zero-order valence-electron chi connectivity index (χ0n) is 12.9. The first-order chi connectivity index (χ1) is 10.5. The standard InChI is InChI=1S/C15H20ClN5O/c1-4-13-10(9-21(2)20-13)8-18-15(17)19-11-5-6-14(22-3)12(16)7-11/h5-7,9H,4,8H2,1-3H3,(H3,17,18,19). The Bertz CT molecular complexity index is 681. The van der Waals surface area contributed by atoms with Crippen molar-refractivity contribution < 1.29 is 4.74 Å². The van der Waals surface area contributed by atoms with Gasteiger partial charge in [0, 0.05) is 24.5 Å². The average molecular weight is 322 g/mol. The topological polar surface area (TPSA) is 77.5 Å². The Morgan fingerprint density at radius 1 is 1.50 bits per heavy atom. The molecule has 0 radical (unpaired) electrons. The molecule has 0 saturated heterocycles. The smallest absolute Gasteiger partial charge is 0.193 e. The molecule has 0 spiro atoms. The van der Waals surface area contributed by atoms with Crippen molar-refractivity contribution >= 4 is 23.2 Å². The first kappa shape index (κ1) is 16.2. The molecular weight excluding hydrogens is 302 g/mol. The van der Waals surface area contributed by atoms with Gasteiger partial charge in [-0.15, -0.1) is 0 Å². The van der Waals surface area contributed by atoms with Crippen LogP contribution in [0, 0.1) is 0 Å². The number of nitrogens with two attached hydrogens (primary N) is 1. The fourth-order valence-corrected chi connectivity index (χ4v) is 2.37. The van der Waals surface area contributed by atoms with Crippen LogP contribution < -0.4 is 15.8 Å². The SMILES string of the molecule is CCc1nn(C)cc1CN=C(N)Nc1ccc(OC)c(Cl)c1. The van der Waals surface area contributed by atoms with E-state index in [1.165, 1.54) is 0 Å². The van der Waals surface area contributed by atoms with Gasteiger partial charge in [-0.3, -0.25) is 4.68 Å². The molecular formula is C15H20ClN5O. The molecule has 3 N–H and O–H groups in total. The van der Waals surface area contributed by atoms with Gasteiger partial charge in [0.25, 0.3) is 0 Å². The van der Waals surface area contributed by atoms with Crippen molar-refractivity contribution in [3.05, 3.63) is 40.7 Å². The number of halogens is 1. The Morgan fingerprint density at radius 2 is 2.27 bits per heavy atom. The first-order valence-corrected chi connectivity index (χ1v) is 7.33. The number of anilines is 1. The van der Waals surface area contributed by atoms with Gasteiger partial charge in [0.05, 0.1) is 24.4 Å². The number of methoxy groups -OCH3 is 1. The molecule has 1 aromatic carbocycles. The maximum absolute atomic E-state index is 6.07. The normalized spacial score (nSPS) is 11.5. The van der Waals surface area contributed by atoms with E-state index in [0.29, 0.717) is 23.3 Å². The van der Waals surface area contributed by atoms with Gasteiger partial charge in [0.15, 0.2) is 5.96 Å². The molecule has 0 saturated carbocycles. The van der Waals surface area contributed by atoms with Crippen LogP contribution in [0.15, 0.2) is 29.4 Å². The highest BCUT2D eigenvalue weighted by Gasteiger charge is 2.06. The summed E-state index contributed by atoms with van der Waals surface area (Å²) in [6.45, 7) is 2.55. The first-order valence-electron chi connectivity index (χ1n) is 6.95. The molecule has 1 aromatic heterocycles. The van der Waals surface area contributed by atoms with E-state index >= 15 is 0 Å². The summed E-state index contributed by atoms with van der Waals surface area (Å²) >= 11 is 6.07. The molecule has 2 rings (SSSR count). The van der Waals surface area contributed by atoms with E-state index in [9.17, 15) is 0 Å². The summed E-state index contributed by atoms with van der Waals surface area (Å²) in [5.41, 5.74) is 8.77. The largest absolute Gasteiger partial charge is 0.495 e. The van der Waals surface area contributed by atoms with Crippen molar-refractivity contribution in [3.63, 3.8) is 0 Å². The molecule has 0 atom stereocenters. The number of aromatic nitrogens is 2. The van der Waals surface area contributed by atoms with Crippen LogP contribution >= 0.6 is 11.6 Å². The van der Waals surface area contributed by atoms with E-state index in [-0.39, 0.29) is 0 Å². The number of benzene rings is 1. The summed E-state index contributed by atoms with van der Waals surface area (Å²) < 4.78 is 6.90. The molecule has 118 valence electrons. The van der Waals surface area contributed by atoms with E-state index in [0.717, 1.165) is 23.4 Å². The molecule has 2 aromatic rings. The van der Waals surface area contributed by atoms with Crippen LogP contribution in [0.1, 0.15) is 18.2 Å². The number of ether oxygens (including phenoxy) is 1. The summed E-state index contributed by atoms with van der Waals surface area (Å²) in [6, 6.07) is 5.34. The molecule has 1 heterocycles. The Balaban J connectivity index is 2.05. The van der Waals surface area contributed by atoms with E-state index in [4.69, 9.17) is 22.1 Å². The minimum absolute atomic E-state index is 0.326. The van der Waals surface area contributed by atoms with Crippen LogP contribution in [-0.4, -0.2) is 22.8 Å². The highest BCUT2D eigenvalue weighted by atomic mass is 35.5. The predicted octanol–water partition coefficient (Wildman–Crippen LogP) is 2.57. The fraction of sp³-hybridized carbons (Fsp3) is 0.333. The van der Waals surface area contributed by atoms with E-state index in [1.54, 1.807) is 23.9 Å². The number of aliphatic imine (C=N–C) groups is 1. The van der Waals surface area contributed by atoms with Crippen LogP contribution in [0.4, 0.5) is 5.69 Å². The van der Waals surface area contributed by atoms with Crippen molar-refractivity contribution in [3.8, 4) is 5.75 Å². The molecule has 22 heavy (non-hydrogen) atoms. The Morgan fingerprint density at radius 3 is 2.91 bits per heavy atom. The Labute approximate surface area is 134 Å². The second kappa shape index (κ2) is 7.17. The van der Waals surface area contributed by atoms with E-state index in [2.05, 4.69) is 22.3 Å². The van der Waals surface area contributed by atoms with Crippen molar-refractivity contribution in [2.45, 2.75) is 19.9 Å². The van der Waals surface area contributed by atoms with Crippen molar-refractivity contribution in [1.82, 2.24) is 9.78 Å². The minimum atomic E-state index is 0.326. The van der Waals surface area contributed by atoms with Gasteiger partial charge in [-0.25, -0.2) is 4.99 Å². The molecule has 6 nitrogen and oxygen atoms in total. The predicted molar refractivity (Wildman–Crippen MR) is 89.5 cm³/mol. The fourth-order valence-electron chi connectivity index (χ4n) is 2.12. The number of hydrogen-bond acceptors (Lipinski definition) is 3. The lowest BCUT2D eigenvalue weighted by molar-refractivity contribution is 0.415. The second-order valence-electron chi connectivity index (χ2n) is 4.80. The lowest BCUT2D eigenvalue weighted by atomic mass is 10.2.